The molecule has 0 saturated heterocycles. The van der Waals surface area contributed by atoms with Gasteiger partial charge in [0.05, 0.1) is 10.9 Å². The largest absolute Gasteiger partial charge is 0.367 e. The molecule has 4 nitrogen and oxygen atoms in total. The maximum absolute atomic E-state index is 4.66. The Labute approximate surface area is 136 Å². The number of hydrogen-bond acceptors (Lipinski definition) is 3. The summed E-state index contributed by atoms with van der Waals surface area (Å²) < 4.78 is 2.41. The highest BCUT2D eigenvalue weighted by molar-refractivity contribution is 6.11. The summed E-state index contributed by atoms with van der Waals surface area (Å²) >= 11 is 0. The highest BCUT2D eigenvalue weighted by Gasteiger charge is 2.23. The van der Waals surface area contributed by atoms with Crippen LogP contribution in [0.15, 0.2) is 30.6 Å². The quantitative estimate of drug-likeness (QED) is 0.728. The van der Waals surface area contributed by atoms with Crippen LogP contribution in [0.4, 0.5) is 5.82 Å². The normalized spacial score (nSPS) is 15.4. The van der Waals surface area contributed by atoms with Gasteiger partial charge in [0.2, 0.25) is 0 Å². The van der Waals surface area contributed by atoms with Crippen molar-refractivity contribution in [3.05, 3.63) is 30.6 Å². The van der Waals surface area contributed by atoms with Gasteiger partial charge in [-0.05, 0) is 38.2 Å². The van der Waals surface area contributed by atoms with Gasteiger partial charge >= 0.3 is 0 Å². The Hall–Kier alpha value is -2.10. The van der Waals surface area contributed by atoms with Crippen molar-refractivity contribution in [2.75, 3.05) is 5.32 Å². The van der Waals surface area contributed by atoms with Crippen molar-refractivity contribution >= 4 is 27.8 Å². The molecule has 120 valence electrons. The van der Waals surface area contributed by atoms with Gasteiger partial charge in [-0.15, -0.1) is 0 Å². The number of aromatic nitrogens is 3. The number of fused-ring (bicyclic) bond motifs is 3. The molecule has 0 amide bonds. The molecule has 2 heterocycles. The molecule has 2 aromatic heterocycles. The summed E-state index contributed by atoms with van der Waals surface area (Å²) in [6.45, 7) is 4.51. The lowest BCUT2D eigenvalue weighted by atomic mass is 9.93. The average Bonchev–Trinajstić information content (AvgIpc) is 2.88. The molecule has 0 bridgehead atoms. The molecule has 23 heavy (non-hydrogen) atoms. The molecule has 3 aromatic rings. The molecule has 4 heteroatoms. The first-order chi connectivity index (χ1) is 11.3. The maximum atomic E-state index is 4.66. The van der Waals surface area contributed by atoms with Crippen LogP contribution in [0, 0.1) is 0 Å². The van der Waals surface area contributed by atoms with Crippen LogP contribution in [0.25, 0.3) is 21.9 Å². The third-order valence-corrected chi connectivity index (χ3v) is 5.24. The van der Waals surface area contributed by atoms with E-state index >= 15 is 0 Å². The van der Waals surface area contributed by atoms with E-state index < -0.39 is 0 Å². The van der Waals surface area contributed by atoms with Gasteiger partial charge in [-0.2, -0.15) is 0 Å². The zero-order valence-electron chi connectivity index (χ0n) is 13.9. The molecular weight excluding hydrogens is 284 g/mol. The summed E-state index contributed by atoms with van der Waals surface area (Å²) in [5, 5.41) is 6.08. The second-order valence-electron chi connectivity index (χ2n) is 6.55. The van der Waals surface area contributed by atoms with Crippen LogP contribution in [0.3, 0.4) is 0 Å². The van der Waals surface area contributed by atoms with E-state index in [0.29, 0.717) is 12.1 Å². The number of nitrogens with zero attached hydrogens (tertiary/aromatic N) is 3. The molecule has 4 rings (SSSR count). The lowest BCUT2D eigenvalue weighted by molar-refractivity contribution is 0.445. The number of para-hydroxylation sites is 1. The van der Waals surface area contributed by atoms with Crippen molar-refractivity contribution in [3.63, 3.8) is 0 Å². The van der Waals surface area contributed by atoms with E-state index in [0.717, 1.165) is 24.3 Å². The lowest BCUT2D eigenvalue weighted by Gasteiger charge is -2.27. The van der Waals surface area contributed by atoms with Crippen LogP contribution < -0.4 is 5.32 Å². The minimum absolute atomic E-state index is 0.476. The Kier molecular flexibility index (Phi) is 3.68. The summed E-state index contributed by atoms with van der Waals surface area (Å²) in [6.07, 6.45) is 7.75. The van der Waals surface area contributed by atoms with Gasteiger partial charge in [0.15, 0.2) is 0 Å². The zero-order valence-corrected chi connectivity index (χ0v) is 13.9. The Bertz CT molecular complexity index is 828. The monoisotopic (exact) mass is 308 g/mol. The Balaban J connectivity index is 1.98. The van der Waals surface area contributed by atoms with E-state index in [1.165, 1.54) is 35.6 Å². The molecule has 1 saturated carbocycles. The van der Waals surface area contributed by atoms with Gasteiger partial charge in [-0.3, -0.25) is 0 Å². The van der Waals surface area contributed by atoms with E-state index in [1.807, 2.05) is 0 Å². The first kappa shape index (κ1) is 14.5. The smallest absolute Gasteiger partial charge is 0.146 e. The summed E-state index contributed by atoms with van der Waals surface area (Å²) in [5.41, 5.74) is 2.34. The molecule has 0 aliphatic heterocycles. The second-order valence-corrected chi connectivity index (χ2v) is 6.55. The van der Waals surface area contributed by atoms with Gasteiger partial charge in [-0.25, -0.2) is 9.97 Å². The van der Waals surface area contributed by atoms with Crippen molar-refractivity contribution in [1.29, 1.82) is 0 Å². The number of benzene rings is 1. The van der Waals surface area contributed by atoms with Crippen LogP contribution >= 0.6 is 0 Å². The number of rotatable bonds is 5. The third-order valence-electron chi connectivity index (χ3n) is 5.24. The molecule has 1 aromatic carbocycles. The molecule has 1 fully saturated rings. The molecule has 1 aliphatic rings. The number of nitrogens with one attached hydrogen (secondary N) is 1. The molecule has 0 radical (unpaired) electrons. The summed E-state index contributed by atoms with van der Waals surface area (Å²) in [5.74, 6) is 1.00. The predicted molar refractivity (Wildman–Crippen MR) is 95.9 cm³/mol. The van der Waals surface area contributed by atoms with Crippen LogP contribution in [0.2, 0.25) is 0 Å². The highest BCUT2D eigenvalue weighted by Crippen LogP contribution is 2.36. The predicted octanol–water partition coefficient (Wildman–Crippen LogP) is 4.91. The standard InChI is InChI=1S/C19H24N4/c1-3-14(4-2)23-16-11-6-5-10-15(16)17-18(20-12-21-19(17)23)22-13-8-7-9-13/h5-6,10-14H,3-4,7-9H2,1-2H3,(H,20,21,22). The average molecular weight is 308 g/mol. The van der Waals surface area contributed by atoms with Crippen LogP contribution in [0.5, 0.6) is 0 Å². The Morgan fingerprint density at radius 2 is 1.96 bits per heavy atom. The van der Waals surface area contributed by atoms with Crippen molar-refractivity contribution in [2.45, 2.75) is 58.0 Å². The van der Waals surface area contributed by atoms with Gasteiger partial charge < -0.3 is 9.88 Å². The number of hydrogen-bond donors (Lipinski definition) is 1. The summed E-state index contributed by atoms with van der Waals surface area (Å²) in [6, 6.07) is 9.69. The summed E-state index contributed by atoms with van der Waals surface area (Å²) in [4.78, 5) is 9.23. The first-order valence-corrected chi connectivity index (χ1v) is 8.83. The lowest BCUT2D eigenvalue weighted by Crippen LogP contribution is -2.27. The van der Waals surface area contributed by atoms with E-state index in [4.69, 9.17) is 0 Å². The van der Waals surface area contributed by atoms with Crippen molar-refractivity contribution in [2.24, 2.45) is 0 Å². The molecule has 1 N–H and O–H groups in total. The molecule has 0 spiro atoms. The fourth-order valence-electron chi connectivity index (χ4n) is 3.69. The fourth-order valence-corrected chi connectivity index (χ4v) is 3.69. The zero-order chi connectivity index (χ0) is 15.8. The van der Waals surface area contributed by atoms with Crippen molar-refractivity contribution in [1.82, 2.24) is 14.5 Å². The maximum Gasteiger partial charge on any atom is 0.146 e. The van der Waals surface area contributed by atoms with Gasteiger partial charge in [0.25, 0.3) is 0 Å². The van der Waals surface area contributed by atoms with Gasteiger partial charge in [0, 0.05) is 17.5 Å². The summed E-state index contributed by atoms with van der Waals surface area (Å²) in [7, 11) is 0. The Morgan fingerprint density at radius 1 is 1.17 bits per heavy atom. The van der Waals surface area contributed by atoms with Gasteiger partial charge in [0.1, 0.15) is 17.8 Å². The number of anilines is 1. The van der Waals surface area contributed by atoms with Crippen molar-refractivity contribution in [3.8, 4) is 0 Å². The minimum atomic E-state index is 0.476. The SMILES string of the molecule is CCC(CC)n1c2ccccc2c2c(NC3CCC3)ncnc21. The second kappa shape index (κ2) is 5.84. The fraction of sp³-hybridized carbons (Fsp3) is 0.474. The van der Waals surface area contributed by atoms with Crippen LogP contribution in [0.1, 0.15) is 52.0 Å². The van der Waals surface area contributed by atoms with Crippen molar-refractivity contribution < 1.29 is 0 Å². The first-order valence-electron chi connectivity index (χ1n) is 8.83. The van der Waals surface area contributed by atoms with Gasteiger partial charge in [-0.1, -0.05) is 32.0 Å². The molecule has 0 atom stereocenters. The van der Waals surface area contributed by atoms with E-state index in [2.05, 4.69) is 58.0 Å². The minimum Gasteiger partial charge on any atom is -0.367 e. The molecule has 1 aliphatic carbocycles. The third kappa shape index (κ3) is 2.28. The topological polar surface area (TPSA) is 42.7 Å². The molecule has 0 unspecified atom stereocenters. The molecular formula is C19H24N4. The van der Waals surface area contributed by atoms with Crippen LogP contribution in [-0.2, 0) is 0 Å². The Morgan fingerprint density at radius 3 is 2.65 bits per heavy atom. The van der Waals surface area contributed by atoms with E-state index in [1.54, 1.807) is 6.33 Å². The highest BCUT2D eigenvalue weighted by atomic mass is 15.1. The van der Waals surface area contributed by atoms with E-state index in [9.17, 15) is 0 Å². The van der Waals surface area contributed by atoms with Crippen LogP contribution in [-0.4, -0.2) is 20.6 Å². The van der Waals surface area contributed by atoms with E-state index in [-0.39, 0.29) is 0 Å².